The third-order valence-electron chi connectivity index (χ3n) is 3.08. The van der Waals surface area contributed by atoms with Gasteiger partial charge in [-0.2, -0.15) is 0 Å². The second kappa shape index (κ2) is 7.35. The molecule has 0 saturated carbocycles. The van der Waals surface area contributed by atoms with Crippen molar-refractivity contribution in [2.24, 2.45) is 0 Å². The first-order valence-corrected chi connectivity index (χ1v) is 6.95. The van der Waals surface area contributed by atoms with Crippen LogP contribution in [0, 0.1) is 5.82 Å². The number of nitrogens with zero attached hydrogens (tertiary/aromatic N) is 1. The number of hydrogen-bond acceptors (Lipinski definition) is 3. The van der Waals surface area contributed by atoms with Gasteiger partial charge < -0.3 is 15.7 Å². The van der Waals surface area contributed by atoms with Crippen LogP contribution in [0.3, 0.4) is 0 Å². The Morgan fingerprint density at radius 3 is 2.70 bits per heavy atom. The highest BCUT2D eigenvalue weighted by Gasteiger charge is 2.10. The number of carboxylic acid groups (broad SMARTS) is 1. The Balaban J connectivity index is 1.99. The van der Waals surface area contributed by atoms with Crippen LogP contribution in [-0.2, 0) is 0 Å². The molecule has 0 bridgehead atoms. The molecule has 0 unspecified atom stereocenters. The zero-order valence-electron chi connectivity index (χ0n) is 12.4. The molecule has 7 heteroatoms. The molecular formula is C16H16FN3O3. The molecule has 3 N–H and O–H groups in total. The fourth-order valence-electron chi connectivity index (χ4n) is 1.96. The molecule has 0 aliphatic rings. The highest BCUT2D eigenvalue weighted by molar-refractivity contribution is 5.94. The number of rotatable bonds is 5. The van der Waals surface area contributed by atoms with E-state index in [-0.39, 0.29) is 18.3 Å². The van der Waals surface area contributed by atoms with Gasteiger partial charge in [-0.25, -0.2) is 9.18 Å². The molecule has 0 aliphatic carbocycles. The van der Waals surface area contributed by atoms with Gasteiger partial charge in [-0.05, 0) is 31.2 Å². The minimum Gasteiger partial charge on any atom is -0.465 e. The number of amides is 2. The molecule has 1 aromatic heterocycles. The smallest absolute Gasteiger partial charge is 0.404 e. The molecule has 0 saturated heterocycles. The lowest BCUT2D eigenvalue weighted by atomic mass is 10.1. The average molecular weight is 317 g/mol. The molecular weight excluding hydrogens is 301 g/mol. The minimum atomic E-state index is -1.15. The van der Waals surface area contributed by atoms with Gasteiger partial charge in [0.25, 0.3) is 5.91 Å². The maximum Gasteiger partial charge on any atom is 0.404 e. The molecule has 6 nitrogen and oxygen atoms in total. The van der Waals surface area contributed by atoms with Crippen molar-refractivity contribution in [2.45, 2.75) is 13.0 Å². The monoisotopic (exact) mass is 317 g/mol. The second-order valence-electron chi connectivity index (χ2n) is 5.00. The van der Waals surface area contributed by atoms with E-state index in [0.717, 1.165) is 0 Å². The summed E-state index contributed by atoms with van der Waals surface area (Å²) in [5, 5.41) is 13.4. The topological polar surface area (TPSA) is 91.3 Å². The normalized spacial score (nSPS) is 11.6. The van der Waals surface area contributed by atoms with E-state index in [1.807, 2.05) is 0 Å². The lowest BCUT2D eigenvalue weighted by Gasteiger charge is -2.12. The van der Waals surface area contributed by atoms with E-state index < -0.39 is 12.1 Å². The van der Waals surface area contributed by atoms with Gasteiger partial charge in [-0.1, -0.05) is 12.1 Å². The summed E-state index contributed by atoms with van der Waals surface area (Å²) in [6.45, 7) is 1.80. The van der Waals surface area contributed by atoms with Crippen molar-refractivity contribution in [1.82, 2.24) is 15.6 Å². The van der Waals surface area contributed by atoms with E-state index in [1.54, 1.807) is 31.2 Å². The van der Waals surface area contributed by atoms with Crippen LogP contribution in [0.2, 0.25) is 0 Å². The first-order valence-electron chi connectivity index (χ1n) is 6.95. The molecule has 1 heterocycles. The molecule has 0 fully saturated rings. The average Bonchev–Trinajstić information content (AvgIpc) is 2.52. The first-order chi connectivity index (χ1) is 11.0. The third-order valence-corrected chi connectivity index (χ3v) is 3.08. The zero-order valence-corrected chi connectivity index (χ0v) is 12.4. The van der Waals surface area contributed by atoms with Crippen molar-refractivity contribution in [3.05, 3.63) is 54.0 Å². The molecule has 120 valence electrons. The van der Waals surface area contributed by atoms with Gasteiger partial charge in [0, 0.05) is 24.3 Å². The summed E-state index contributed by atoms with van der Waals surface area (Å²) in [6, 6.07) is 8.82. The van der Waals surface area contributed by atoms with Gasteiger partial charge in [-0.15, -0.1) is 0 Å². The highest BCUT2D eigenvalue weighted by Crippen LogP contribution is 2.17. The van der Waals surface area contributed by atoms with E-state index in [0.29, 0.717) is 16.8 Å². The SMILES string of the molecule is C[C@@H](CNC(=O)c1ccc(-c2cccc(F)c2)nc1)NC(=O)O. The molecule has 2 aromatic rings. The van der Waals surface area contributed by atoms with Crippen LogP contribution in [0.4, 0.5) is 9.18 Å². The van der Waals surface area contributed by atoms with Crippen molar-refractivity contribution >= 4 is 12.0 Å². The van der Waals surface area contributed by atoms with Crippen molar-refractivity contribution in [3.63, 3.8) is 0 Å². The van der Waals surface area contributed by atoms with Crippen LogP contribution >= 0.6 is 0 Å². The number of benzene rings is 1. The van der Waals surface area contributed by atoms with E-state index in [9.17, 15) is 14.0 Å². The summed E-state index contributed by atoms with van der Waals surface area (Å²) in [5.74, 6) is -0.714. The van der Waals surface area contributed by atoms with Crippen molar-refractivity contribution in [3.8, 4) is 11.3 Å². The highest BCUT2D eigenvalue weighted by atomic mass is 19.1. The van der Waals surface area contributed by atoms with E-state index in [1.165, 1.54) is 18.3 Å². The number of nitrogens with one attached hydrogen (secondary N) is 2. The van der Waals surface area contributed by atoms with Gasteiger partial charge >= 0.3 is 6.09 Å². The first kappa shape index (κ1) is 16.4. The molecule has 1 atom stereocenters. The van der Waals surface area contributed by atoms with Gasteiger partial charge in [0.2, 0.25) is 0 Å². The molecule has 1 aromatic carbocycles. The van der Waals surface area contributed by atoms with Crippen LogP contribution in [0.25, 0.3) is 11.3 Å². The largest absolute Gasteiger partial charge is 0.465 e. The van der Waals surface area contributed by atoms with Crippen LogP contribution in [-0.4, -0.2) is 34.7 Å². The Bertz CT molecular complexity index is 704. The van der Waals surface area contributed by atoms with E-state index in [4.69, 9.17) is 5.11 Å². The lowest BCUT2D eigenvalue weighted by Crippen LogP contribution is -2.41. The van der Waals surface area contributed by atoms with Gasteiger partial charge in [0.1, 0.15) is 5.82 Å². The van der Waals surface area contributed by atoms with Crippen LogP contribution < -0.4 is 10.6 Å². The Morgan fingerprint density at radius 1 is 1.30 bits per heavy atom. The van der Waals surface area contributed by atoms with Crippen LogP contribution in [0.5, 0.6) is 0 Å². The van der Waals surface area contributed by atoms with Crippen LogP contribution in [0.1, 0.15) is 17.3 Å². The maximum absolute atomic E-state index is 13.2. The number of carbonyl (C=O) groups excluding carboxylic acids is 1. The van der Waals surface area contributed by atoms with Gasteiger partial charge in [0.15, 0.2) is 0 Å². The number of pyridine rings is 1. The summed E-state index contributed by atoms with van der Waals surface area (Å²) < 4.78 is 13.2. The number of aromatic nitrogens is 1. The Labute approximate surface area is 132 Å². The fourth-order valence-corrected chi connectivity index (χ4v) is 1.96. The van der Waals surface area contributed by atoms with Crippen molar-refractivity contribution in [2.75, 3.05) is 6.54 Å². The zero-order chi connectivity index (χ0) is 16.8. The van der Waals surface area contributed by atoms with E-state index in [2.05, 4.69) is 15.6 Å². The number of carbonyl (C=O) groups is 2. The number of hydrogen-bond donors (Lipinski definition) is 3. The Kier molecular flexibility index (Phi) is 5.24. The second-order valence-corrected chi connectivity index (χ2v) is 5.00. The standard InChI is InChI=1S/C16H16FN3O3/c1-10(20-16(22)23)8-19-15(21)12-5-6-14(18-9-12)11-3-2-4-13(17)7-11/h2-7,9-10,20H,8H2,1H3,(H,19,21)(H,22,23)/t10-/m0/s1. The van der Waals surface area contributed by atoms with E-state index >= 15 is 0 Å². The summed E-state index contributed by atoms with van der Waals surface area (Å²) in [4.78, 5) is 26.6. The predicted octanol–water partition coefficient (Wildman–Crippen LogP) is 2.27. The van der Waals surface area contributed by atoms with Gasteiger partial charge in [-0.3, -0.25) is 9.78 Å². The molecule has 23 heavy (non-hydrogen) atoms. The molecule has 2 amide bonds. The number of halogens is 1. The minimum absolute atomic E-state index is 0.163. The third kappa shape index (κ3) is 4.77. The summed E-state index contributed by atoms with van der Waals surface area (Å²) in [5.41, 5.74) is 1.52. The molecule has 0 radical (unpaired) electrons. The Hall–Kier alpha value is -2.96. The lowest BCUT2D eigenvalue weighted by molar-refractivity contribution is 0.0948. The molecule has 0 aliphatic heterocycles. The van der Waals surface area contributed by atoms with Crippen molar-refractivity contribution < 1.29 is 19.1 Å². The van der Waals surface area contributed by atoms with Crippen LogP contribution in [0.15, 0.2) is 42.6 Å². The molecule has 0 spiro atoms. The summed E-state index contributed by atoms with van der Waals surface area (Å²) >= 11 is 0. The summed E-state index contributed by atoms with van der Waals surface area (Å²) in [6.07, 6.45) is 0.248. The van der Waals surface area contributed by atoms with Gasteiger partial charge in [0.05, 0.1) is 11.3 Å². The van der Waals surface area contributed by atoms with Crippen molar-refractivity contribution in [1.29, 1.82) is 0 Å². The fraction of sp³-hybridized carbons (Fsp3) is 0.188. The summed E-state index contributed by atoms with van der Waals surface area (Å²) in [7, 11) is 0. The molecule has 2 rings (SSSR count). The predicted molar refractivity (Wildman–Crippen MR) is 82.6 cm³/mol. The Morgan fingerprint density at radius 2 is 2.09 bits per heavy atom. The maximum atomic E-state index is 13.2. The quantitative estimate of drug-likeness (QED) is 0.789.